The van der Waals surface area contributed by atoms with E-state index in [4.69, 9.17) is 21.4 Å². The molecule has 2 aromatic rings. The summed E-state index contributed by atoms with van der Waals surface area (Å²) in [4.78, 5) is 1.84. The van der Waals surface area contributed by atoms with Crippen LogP contribution in [0.15, 0.2) is 28.7 Å². The third-order valence-corrected chi connectivity index (χ3v) is 4.75. The third kappa shape index (κ3) is 4.21. The lowest BCUT2D eigenvalue weighted by molar-refractivity contribution is -0.929. The van der Waals surface area contributed by atoms with Crippen LogP contribution < -0.4 is 9.64 Å². The minimum Gasteiger partial charge on any atom is -0.481 e. The van der Waals surface area contributed by atoms with Gasteiger partial charge in [-0.15, -0.1) is 5.10 Å². The number of hydrogen-bond donors (Lipinski definition) is 1. The first-order valence-corrected chi connectivity index (χ1v) is 8.75. The average molecular weight is 352 g/mol. The Balaban J connectivity index is 1.64. The number of piperidine rings is 1. The molecule has 2 heterocycles. The van der Waals surface area contributed by atoms with Crippen molar-refractivity contribution in [2.75, 3.05) is 13.1 Å². The fourth-order valence-corrected chi connectivity index (χ4v) is 3.09. The SMILES string of the molecule is CC1CC[NH+](Cn2nc([C@@H](C)Oc3ccc(F)cc3)oc2=S)CC1. The van der Waals surface area contributed by atoms with E-state index in [-0.39, 0.29) is 5.82 Å². The minimum absolute atomic E-state index is 0.296. The molecule has 1 aliphatic rings. The molecular formula is C17H23FN3O2S+. The summed E-state index contributed by atoms with van der Waals surface area (Å²) in [7, 11) is 0. The van der Waals surface area contributed by atoms with E-state index in [0.29, 0.717) is 16.5 Å². The quantitative estimate of drug-likeness (QED) is 0.841. The second kappa shape index (κ2) is 7.44. The van der Waals surface area contributed by atoms with Gasteiger partial charge in [-0.1, -0.05) is 6.92 Å². The number of ether oxygens (including phenoxy) is 1. The number of hydrogen-bond acceptors (Lipinski definition) is 4. The fourth-order valence-electron chi connectivity index (χ4n) is 2.89. The Morgan fingerprint density at radius 3 is 2.71 bits per heavy atom. The number of nitrogens with one attached hydrogen (secondary N) is 1. The second-order valence-corrected chi connectivity index (χ2v) is 6.86. The second-order valence-electron chi connectivity index (χ2n) is 6.51. The van der Waals surface area contributed by atoms with E-state index in [2.05, 4.69) is 12.0 Å². The van der Waals surface area contributed by atoms with Gasteiger partial charge >= 0.3 is 0 Å². The monoisotopic (exact) mass is 352 g/mol. The lowest BCUT2D eigenvalue weighted by atomic mass is 10.00. The van der Waals surface area contributed by atoms with Crippen molar-refractivity contribution in [3.05, 3.63) is 40.8 Å². The van der Waals surface area contributed by atoms with Crippen LogP contribution in [-0.4, -0.2) is 22.9 Å². The number of aromatic nitrogens is 2. The molecule has 24 heavy (non-hydrogen) atoms. The van der Waals surface area contributed by atoms with Crippen LogP contribution in [0.2, 0.25) is 0 Å². The van der Waals surface area contributed by atoms with Gasteiger partial charge in [0.05, 0.1) is 13.1 Å². The molecule has 0 radical (unpaired) electrons. The molecule has 1 saturated heterocycles. The zero-order valence-corrected chi connectivity index (χ0v) is 14.8. The molecule has 1 N–H and O–H groups in total. The summed E-state index contributed by atoms with van der Waals surface area (Å²) in [6, 6.07) is 5.88. The predicted molar refractivity (Wildman–Crippen MR) is 89.9 cm³/mol. The number of benzene rings is 1. The van der Waals surface area contributed by atoms with Crippen LogP contribution in [0.4, 0.5) is 4.39 Å². The van der Waals surface area contributed by atoms with Crippen LogP contribution in [0.25, 0.3) is 0 Å². The summed E-state index contributed by atoms with van der Waals surface area (Å²) in [6.45, 7) is 7.12. The van der Waals surface area contributed by atoms with Gasteiger partial charge < -0.3 is 14.1 Å². The van der Waals surface area contributed by atoms with E-state index in [1.54, 1.807) is 16.8 Å². The molecule has 1 aliphatic heterocycles. The molecule has 1 aromatic heterocycles. The van der Waals surface area contributed by atoms with Crippen LogP contribution >= 0.6 is 12.2 Å². The molecule has 3 rings (SSSR count). The van der Waals surface area contributed by atoms with Gasteiger partial charge in [0.15, 0.2) is 12.8 Å². The highest BCUT2D eigenvalue weighted by Gasteiger charge is 2.22. The molecule has 5 nitrogen and oxygen atoms in total. The zero-order chi connectivity index (χ0) is 17.1. The number of nitrogens with zero attached hydrogens (tertiary/aromatic N) is 2. The van der Waals surface area contributed by atoms with Crippen molar-refractivity contribution in [1.82, 2.24) is 9.78 Å². The first-order chi connectivity index (χ1) is 11.5. The van der Waals surface area contributed by atoms with Crippen LogP contribution in [-0.2, 0) is 6.67 Å². The molecule has 0 unspecified atom stereocenters. The molecule has 1 fully saturated rings. The van der Waals surface area contributed by atoms with Crippen molar-refractivity contribution in [2.24, 2.45) is 5.92 Å². The van der Waals surface area contributed by atoms with Crippen molar-refractivity contribution in [3.63, 3.8) is 0 Å². The average Bonchev–Trinajstić information content (AvgIpc) is 2.93. The van der Waals surface area contributed by atoms with E-state index < -0.39 is 6.10 Å². The highest BCUT2D eigenvalue weighted by Crippen LogP contribution is 2.21. The van der Waals surface area contributed by atoms with E-state index in [9.17, 15) is 4.39 Å². The van der Waals surface area contributed by atoms with Crippen molar-refractivity contribution < 1.29 is 18.4 Å². The van der Waals surface area contributed by atoms with Gasteiger partial charge in [0.25, 0.3) is 10.7 Å². The normalized spacial score (nSPS) is 22.3. The lowest BCUT2D eigenvalue weighted by Crippen LogP contribution is -3.12. The number of rotatable bonds is 5. The summed E-state index contributed by atoms with van der Waals surface area (Å²) in [6.07, 6.45) is 2.07. The van der Waals surface area contributed by atoms with Gasteiger partial charge in [-0.25, -0.2) is 4.39 Å². The lowest BCUT2D eigenvalue weighted by Gasteiger charge is -2.26. The maximum absolute atomic E-state index is 12.9. The maximum atomic E-state index is 12.9. The van der Waals surface area contributed by atoms with Crippen LogP contribution in [0.5, 0.6) is 5.75 Å². The van der Waals surface area contributed by atoms with Crippen molar-refractivity contribution in [3.8, 4) is 5.75 Å². The molecular weight excluding hydrogens is 329 g/mol. The molecule has 0 spiro atoms. The zero-order valence-electron chi connectivity index (χ0n) is 14.0. The largest absolute Gasteiger partial charge is 0.481 e. The Labute approximate surface area is 146 Å². The number of likely N-dealkylation sites (tertiary alicyclic amines) is 1. The maximum Gasteiger partial charge on any atom is 0.292 e. The first kappa shape index (κ1) is 17.1. The van der Waals surface area contributed by atoms with Crippen LogP contribution in [0, 0.1) is 16.6 Å². The standard InChI is InChI=1S/C17H22FN3O2S/c1-12-7-9-20(10-8-12)11-21-17(24)23-16(19-21)13(2)22-15-5-3-14(18)4-6-15/h3-6,12-13H,7-11H2,1-2H3/p+1/t13-/m1/s1. The summed E-state index contributed by atoms with van der Waals surface area (Å²) in [5, 5.41) is 4.46. The van der Waals surface area contributed by atoms with E-state index in [0.717, 1.165) is 25.7 Å². The van der Waals surface area contributed by atoms with Crippen LogP contribution in [0.1, 0.15) is 38.7 Å². The third-order valence-electron chi connectivity index (χ3n) is 4.45. The highest BCUT2D eigenvalue weighted by molar-refractivity contribution is 7.71. The summed E-state index contributed by atoms with van der Waals surface area (Å²) >= 11 is 5.28. The molecule has 130 valence electrons. The Morgan fingerprint density at radius 2 is 2.04 bits per heavy atom. The molecule has 0 bridgehead atoms. The Morgan fingerprint density at radius 1 is 1.38 bits per heavy atom. The molecule has 0 amide bonds. The van der Waals surface area contributed by atoms with Crippen molar-refractivity contribution in [2.45, 2.75) is 39.5 Å². The Bertz CT molecular complexity index is 720. The minimum atomic E-state index is -0.394. The van der Waals surface area contributed by atoms with E-state index in [1.165, 1.54) is 29.9 Å². The topological polar surface area (TPSA) is 44.6 Å². The smallest absolute Gasteiger partial charge is 0.292 e. The van der Waals surface area contributed by atoms with Crippen molar-refractivity contribution in [1.29, 1.82) is 0 Å². The van der Waals surface area contributed by atoms with Crippen LogP contribution in [0.3, 0.4) is 0 Å². The van der Waals surface area contributed by atoms with Gasteiger partial charge in [-0.2, -0.15) is 4.68 Å². The molecule has 0 saturated carbocycles. The summed E-state index contributed by atoms with van der Waals surface area (Å²) < 4.78 is 26.0. The predicted octanol–water partition coefficient (Wildman–Crippen LogP) is 2.76. The van der Waals surface area contributed by atoms with Gasteiger partial charge in [0.2, 0.25) is 0 Å². The van der Waals surface area contributed by atoms with E-state index >= 15 is 0 Å². The molecule has 0 aliphatic carbocycles. The first-order valence-electron chi connectivity index (χ1n) is 8.35. The molecule has 1 atom stereocenters. The molecule has 7 heteroatoms. The Kier molecular flexibility index (Phi) is 5.30. The van der Waals surface area contributed by atoms with Gasteiger partial charge in [-0.3, -0.25) is 0 Å². The summed E-state index contributed by atoms with van der Waals surface area (Å²) in [5.74, 6) is 1.51. The van der Waals surface area contributed by atoms with Gasteiger partial charge in [-0.05, 0) is 62.2 Å². The van der Waals surface area contributed by atoms with Crippen molar-refractivity contribution >= 4 is 12.2 Å². The fraction of sp³-hybridized carbons (Fsp3) is 0.529. The van der Waals surface area contributed by atoms with E-state index in [1.807, 2.05) is 6.92 Å². The van der Waals surface area contributed by atoms with Gasteiger partial charge in [0, 0.05) is 0 Å². The number of halogens is 1. The highest BCUT2D eigenvalue weighted by atomic mass is 32.1. The number of quaternary nitrogens is 1. The van der Waals surface area contributed by atoms with Gasteiger partial charge in [0.1, 0.15) is 11.6 Å². The Hall–Kier alpha value is -1.73. The molecule has 1 aromatic carbocycles. The summed E-state index contributed by atoms with van der Waals surface area (Å²) in [5.41, 5.74) is 0.